The van der Waals surface area contributed by atoms with Gasteiger partial charge in [0.1, 0.15) is 0 Å². The number of amides is 1. The van der Waals surface area contributed by atoms with Gasteiger partial charge in [0, 0.05) is 45.2 Å². The number of ether oxygens (including phenoxy) is 1. The highest BCUT2D eigenvalue weighted by Gasteiger charge is 2.31. The molecule has 0 aromatic carbocycles. The summed E-state index contributed by atoms with van der Waals surface area (Å²) >= 11 is 0. The number of likely N-dealkylation sites (tertiary alicyclic amines) is 1. The van der Waals surface area contributed by atoms with Gasteiger partial charge in [0.2, 0.25) is 5.91 Å². The Balaban J connectivity index is 1.72. The molecule has 0 bridgehead atoms. The normalized spacial score (nSPS) is 22.9. The summed E-state index contributed by atoms with van der Waals surface area (Å²) in [5.41, 5.74) is 0. The third-order valence-electron chi connectivity index (χ3n) is 5.86. The fourth-order valence-corrected chi connectivity index (χ4v) is 4.23. The highest BCUT2D eigenvalue weighted by atomic mass is 16.5. The van der Waals surface area contributed by atoms with Crippen LogP contribution in [-0.2, 0) is 9.53 Å². The predicted octanol–water partition coefficient (Wildman–Crippen LogP) is 2.78. The summed E-state index contributed by atoms with van der Waals surface area (Å²) in [4.78, 5) is 19.1. The van der Waals surface area contributed by atoms with Crippen LogP contribution in [0.5, 0.6) is 0 Å². The van der Waals surface area contributed by atoms with Gasteiger partial charge in [-0.05, 0) is 38.5 Å². The zero-order valence-electron chi connectivity index (χ0n) is 17.8. The Morgan fingerprint density at radius 3 is 2.59 bits per heavy atom. The van der Waals surface area contributed by atoms with E-state index in [4.69, 9.17) is 4.74 Å². The van der Waals surface area contributed by atoms with Crippen molar-refractivity contribution in [3.8, 4) is 0 Å². The molecule has 1 aliphatic carbocycles. The van der Waals surface area contributed by atoms with Gasteiger partial charge in [-0.25, -0.2) is 0 Å². The number of nitrogens with one attached hydrogen (secondary N) is 2. The van der Waals surface area contributed by atoms with Crippen molar-refractivity contribution in [2.45, 2.75) is 77.9 Å². The maximum absolute atomic E-state index is 12.7. The second kappa shape index (κ2) is 11.5. The first-order chi connectivity index (χ1) is 13.0. The first kappa shape index (κ1) is 22.0. The van der Waals surface area contributed by atoms with Gasteiger partial charge < -0.3 is 20.3 Å². The SMILES string of the molecule is CCOC(CCNC(=NC)NC1CCN(C(=O)C2CCCCC2)C1)C(C)C. The van der Waals surface area contributed by atoms with E-state index < -0.39 is 0 Å². The van der Waals surface area contributed by atoms with Gasteiger partial charge in [-0.3, -0.25) is 9.79 Å². The van der Waals surface area contributed by atoms with Crippen molar-refractivity contribution in [2.24, 2.45) is 16.8 Å². The maximum Gasteiger partial charge on any atom is 0.225 e. The lowest BCUT2D eigenvalue weighted by Crippen LogP contribution is -2.46. The molecule has 0 spiro atoms. The van der Waals surface area contributed by atoms with Crippen molar-refractivity contribution < 1.29 is 9.53 Å². The van der Waals surface area contributed by atoms with Gasteiger partial charge in [0.05, 0.1) is 6.10 Å². The number of rotatable bonds is 8. The van der Waals surface area contributed by atoms with Crippen LogP contribution < -0.4 is 10.6 Å². The molecule has 6 heteroatoms. The van der Waals surface area contributed by atoms with Crippen molar-refractivity contribution in [1.29, 1.82) is 0 Å². The first-order valence-electron chi connectivity index (χ1n) is 10.9. The molecular formula is C21H40N4O2. The summed E-state index contributed by atoms with van der Waals surface area (Å²) < 4.78 is 5.81. The number of hydrogen-bond acceptors (Lipinski definition) is 3. The van der Waals surface area contributed by atoms with Crippen LogP contribution in [0.2, 0.25) is 0 Å². The molecule has 2 atom stereocenters. The molecule has 0 aromatic rings. The van der Waals surface area contributed by atoms with Gasteiger partial charge in [0.15, 0.2) is 5.96 Å². The van der Waals surface area contributed by atoms with E-state index in [0.29, 0.717) is 11.8 Å². The molecule has 6 nitrogen and oxygen atoms in total. The molecule has 2 N–H and O–H groups in total. The average molecular weight is 381 g/mol. The average Bonchev–Trinajstić information content (AvgIpc) is 3.14. The van der Waals surface area contributed by atoms with Crippen LogP contribution in [0.25, 0.3) is 0 Å². The van der Waals surface area contributed by atoms with E-state index in [2.05, 4.69) is 34.4 Å². The van der Waals surface area contributed by atoms with Gasteiger partial charge in [-0.2, -0.15) is 0 Å². The van der Waals surface area contributed by atoms with E-state index in [-0.39, 0.29) is 18.1 Å². The Hall–Kier alpha value is -1.30. The Morgan fingerprint density at radius 1 is 1.22 bits per heavy atom. The lowest BCUT2D eigenvalue weighted by molar-refractivity contribution is -0.135. The number of guanidine groups is 1. The molecule has 156 valence electrons. The fourth-order valence-electron chi connectivity index (χ4n) is 4.23. The van der Waals surface area contributed by atoms with Crippen LogP contribution in [0.3, 0.4) is 0 Å². The minimum atomic E-state index is 0.265. The van der Waals surface area contributed by atoms with E-state index in [9.17, 15) is 4.79 Å². The van der Waals surface area contributed by atoms with Gasteiger partial charge in [0.25, 0.3) is 0 Å². The summed E-state index contributed by atoms with van der Waals surface area (Å²) in [6.45, 7) is 9.69. The molecule has 2 fully saturated rings. The molecule has 27 heavy (non-hydrogen) atoms. The van der Waals surface area contributed by atoms with Gasteiger partial charge in [-0.1, -0.05) is 33.1 Å². The van der Waals surface area contributed by atoms with Crippen molar-refractivity contribution in [1.82, 2.24) is 15.5 Å². The van der Waals surface area contributed by atoms with Crippen molar-refractivity contribution >= 4 is 11.9 Å². The molecule has 2 aliphatic rings. The van der Waals surface area contributed by atoms with Crippen LogP contribution in [0.1, 0.15) is 65.7 Å². The minimum Gasteiger partial charge on any atom is -0.378 e. The lowest BCUT2D eigenvalue weighted by Gasteiger charge is -2.26. The molecule has 1 saturated carbocycles. The topological polar surface area (TPSA) is 66.0 Å². The van der Waals surface area contributed by atoms with Crippen molar-refractivity contribution in [3.05, 3.63) is 0 Å². The van der Waals surface area contributed by atoms with Crippen molar-refractivity contribution in [3.63, 3.8) is 0 Å². The molecule has 2 rings (SSSR count). The van der Waals surface area contributed by atoms with E-state index in [0.717, 1.165) is 57.9 Å². The van der Waals surface area contributed by atoms with Crippen LogP contribution in [0.4, 0.5) is 0 Å². The highest BCUT2D eigenvalue weighted by molar-refractivity contribution is 5.81. The van der Waals surface area contributed by atoms with E-state index in [1.807, 2.05) is 6.92 Å². The van der Waals surface area contributed by atoms with Crippen molar-refractivity contribution in [2.75, 3.05) is 33.3 Å². The molecule has 2 unspecified atom stereocenters. The van der Waals surface area contributed by atoms with E-state index >= 15 is 0 Å². The predicted molar refractivity (Wildman–Crippen MR) is 111 cm³/mol. The summed E-state index contributed by atoms with van der Waals surface area (Å²) in [6, 6.07) is 0.288. The summed E-state index contributed by atoms with van der Waals surface area (Å²) in [5.74, 6) is 1.97. The quantitative estimate of drug-likeness (QED) is 0.502. The number of nitrogens with zero attached hydrogens (tertiary/aromatic N) is 2. The van der Waals surface area contributed by atoms with Crippen LogP contribution in [0.15, 0.2) is 4.99 Å². The molecule has 1 heterocycles. The Kier molecular flexibility index (Phi) is 9.39. The zero-order chi connectivity index (χ0) is 19.6. The van der Waals surface area contributed by atoms with Crippen LogP contribution in [-0.4, -0.2) is 62.2 Å². The molecule has 1 aliphatic heterocycles. The third kappa shape index (κ3) is 6.98. The standard InChI is InChI=1S/C21H40N4O2/c1-5-27-19(16(2)3)11-13-23-21(22-4)24-18-12-14-25(15-18)20(26)17-9-7-6-8-10-17/h16-19H,5-15H2,1-4H3,(H2,22,23,24). The Morgan fingerprint density at radius 2 is 1.96 bits per heavy atom. The molecule has 0 radical (unpaired) electrons. The maximum atomic E-state index is 12.7. The summed E-state index contributed by atoms with van der Waals surface area (Å²) in [7, 11) is 1.80. The summed E-state index contributed by atoms with van der Waals surface area (Å²) in [6.07, 6.45) is 8.09. The molecular weight excluding hydrogens is 340 g/mol. The smallest absolute Gasteiger partial charge is 0.225 e. The van der Waals surface area contributed by atoms with Gasteiger partial charge in [-0.15, -0.1) is 0 Å². The molecule has 0 aromatic heterocycles. The van der Waals surface area contributed by atoms with E-state index in [1.165, 1.54) is 19.3 Å². The monoisotopic (exact) mass is 380 g/mol. The second-order valence-electron chi connectivity index (χ2n) is 8.27. The summed E-state index contributed by atoms with van der Waals surface area (Å²) in [5, 5.41) is 6.90. The molecule has 1 amide bonds. The lowest BCUT2D eigenvalue weighted by atomic mass is 9.88. The second-order valence-corrected chi connectivity index (χ2v) is 8.27. The zero-order valence-corrected chi connectivity index (χ0v) is 17.8. The van der Waals surface area contributed by atoms with Crippen LogP contribution >= 0.6 is 0 Å². The minimum absolute atomic E-state index is 0.265. The largest absolute Gasteiger partial charge is 0.378 e. The fraction of sp³-hybridized carbons (Fsp3) is 0.905. The Labute approximate surface area is 165 Å². The number of aliphatic imine (C=N–C) groups is 1. The number of carbonyl (C=O) groups is 1. The number of carbonyl (C=O) groups excluding carboxylic acids is 1. The van der Waals surface area contributed by atoms with Crippen LogP contribution in [0, 0.1) is 11.8 Å². The highest BCUT2D eigenvalue weighted by Crippen LogP contribution is 2.26. The molecule has 1 saturated heterocycles. The number of hydrogen-bond donors (Lipinski definition) is 2. The third-order valence-corrected chi connectivity index (χ3v) is 5.86. The van der Waals surface area contributed by atoms with E-state index in [1.54, 1.807) is 7.05 Å². The Bertz CT molecular complexity index is 475. The van der Waals surface area contributed by atoms with Gasteiger partial charge >= 0.3 is 0 Å². The first-order valence-corrected chi connectivity index (χ1v) is 10.9.